The molecule has 2 aromatic carbocycles. The maximum atomic E-state index is 13.6. The number of aromatic nitrogens is 4. The molecule has 0 spiro atoms. The fourth-order valence-corrected chi connectivity index (χ4v) is 14.9. The Kier molecular flexibility index (Phi) is 27.8. The summed E-state index contributed by atoms with van der Waals surface area (Å²) in [7, 11) is 0. The average molecular weight is 1990 g/mol. The number of ether oxygens (including phenoxy) is 3. The minimum Gasteiger partial charge on any atom is -0.329 e. The van der Waals surface area contributed by atoms with E-state index in [1.165, 1.54) is 64.7 Å². The molecule has 0 saturated carbocycles. The Morgan fingerprint density at radius 1 is 0.617 bits per heavy atom. The molecule has 27 heteroatoms. The molecular formula is C67H82ClI6N8O12-. The number of rotatable bonds is 7. The van der Waals surface area contributed by atoms with Crippen LogP contribution in [0.1, 0.15) is 157 Å². The van der Waals surface area contributed by atoms with Gasteiger partial charge in [0, 0.05) is 109 Å². The number of likely N-dealkylation sites (tertiary alicyclic amines) is 4. The van der Waals surface area contributed by atoms with Gasteiger partial charge in [-0.3, -0.25) is 14.4 Å². The monoisotopic (exact) mass is 1990 g/mol. The quantitative estimate of drug-likeness (QED) is 0.0582. The standard InChI is InChI=1S/C33H38N4O6.C22H20N2O5.C11H19ClN2O.CH4.I3.I2.HI/c1-3-22-23-16-21(43-32(40)36-14-10-20(11-15-36)35-12-6-5-7-13-35)8-9-27(23)34-29-24(22)18-37-28(29)17-26-25(30(37)38)19-42-31(39)33(26,41)4-2;1-3-12-13-7-11(25)5-6-17(13)23-19-14(12)9-24-18(19)8-16-15(20(24)26)10-29-21(27)22(16,28)4-2;12-11(15)14-8-4-10(5-9-14)13-6-2-1-3-7-13;;1-3-2;1-2;/h8-9,16-17,20,41H,3-7,10-15,18-19H2,1-2H3;5-8,25,28H,3-4,9-10H2,1-2H3;10H,1-9H2;1H4;;;1H/q;;;;-1;;/t33-;22-;;;;;/m00...../s1. The predicted octanol–water partition coefficient (Wildman–Crippen LogP) is 10.5. The van der Waals surface area contributed by atoms with E-state index >= 15 is 0 Å². The van der Waals surface area contributed by atoms with Gasteiger partial charge in [-0.2, -0.15) is 0 Å². The third-order valence-electron chi connectivity index (χ3n) is 19.7. The van der Waals surface area contributed by atoms with E-state index in [1.54, 1.807) is 64.3 Å². The van der Waals surface area contributed by atoms with E-state index in [-0.39, 0.29) is 85.8 Å². The van der Waals surface area contributed by atoms with Crippen LogP contribution in [0.3, 0.4) is 0 Å². The molecule has 0 aliphatic carbocycles. The third kappa shape index (κ3) is 15.5. The summed E-state index contributed by atoms with van der Waals surface area (Å²) in [4.78, 5) is 94.1. The van der Waals surface area contributed by atoms with Crippen LogP contribution in [0.5, 0.6) is 11.5 Å². The summed E-state index contributed by atoms with van der Waals surface area (Å²) in [6.07, 6.45) is 13.3. The summed E-state index contributed by atoms with van der Waals surface area (Å²) in [6, 6.07) is 15.2. The summed E-state index contributed by atoms with van der Waals surface area (Å²) in [5, 5.41) is 33.5. The summed E-state index contributed by atoms with van der Waals surface area (Å²) in [5.41, 5.74) is 4.85. The zero-order valence-corrected chi connectivity index (χ0v) is 66.3. The molecule has 14 rings (SSSR count). The number of phenols is 1. The summed E-state index contributed by atoms with van der Waals surface area (Å²) >= 11 is 15.0. The van der Waals surface area contributed by atoms with Crippen molar-refractivity contribution in [3.8, 4) is 34.3 Å². The number of aliphatic hydroxyl groups is 2. The number of nitrogens with zero attached hydrogens (tertiary/aromatic N) is 8. The number of benzene rings is 2. The minimum absolute atomic E-state index is 0. The first kappa shape index (κ1) is 76.9. The van der Waals surface area contributed by atoms with Crippen molar-refractivity contribution in [1.82, 2.24) is 38.7 Å². The average Bonchev–Trinajstić information content (AvgIpc) is 1.52. The number of halogens is 7. The Labute approximate surface area is 623 Å². The van der Waals surface area contributed by atoms with Crippen molar-refractivity contribution >= 4 is 155 Å². The van der Waals surface area contributed by atoms with Gasteiger partial charge in [-0.05, 0) is 174 Å². The van der Waals surface area contributed by atoms with Crippen LogP contribution >= 0.6 is 110 Å². The van der Waals surface area contributed by atoms with Gasteiger partial charge < -0.3 is 58.3 Å². The van der Waals surface area contributed by atoms with Crippen molar-refractivity contribution in [2.24, 2.45) is 0 Å². The van der Waals surface area contributed by atoms with Crippen molar-refractivity contribution in [2.75, 3.05) is 52.4 Å². The molecule has 2 atom stereocenters. The number of hydrogen-bond acceptors (Lipinski definition) is 16. The summed E-state index contributed by atoms with van der Waals surface area (Å²) < 4.78 is 19.4. The second-order valence-electron chi connectivity index (χ2n) is 24.4. The molecule has 0 unspecified atom stereocenters. The van der Waals surface area contributed by atoms with E-state index in [4.69, 9.17) is 35.8 Å². The zero-order valence-electron chi connectivity index (χ0n) is 52.4. The number of carbonyl (C=O) groups is 4. The van der Waals surface area contributed by atoms with Crippen LogP contribution in [-0.4, -0.2) is 142 Å². The molecule has 4 saturated heterocycles. The molecular weight excluding hydrogens is 1910 g/mol. The van der Waals surface area contributed by atoms with Crippen LogP contribution in [0.2, 0.25) is 0 Å². The van der Waals surface area contributed by atoms with Gasteiger partial charge in [0.15, 0.2) is 11.2 Å². The molecule has 512 valence electrons. The number of aryl methyl sites for hydroxylation is 2. The Morgan fingerprint density at radius 3 is 1.43 bits per heavy atom. The van der Waals surface area contributed by atoms with Gasteiger partial charge >= 0.3 is 73.9 Å². The Hall–Kier alpha value is -2.85. The first-order valence-corrected chi connectivity index (χ1v) is 51.0. The SMILES string of the molecule is C.CCc1c2c(nc3ccc(O)cc13)-c1cc3c(c(=O)n1C2)COC(=O)[C@]3(O)CC.CCc1c2c(nc3ccc(OC(=O)N4CCC(N5CCCCC5)CC4)cc13)-c1cc3c(c(=O)n1C2)COC(=O)[C@]3(O)CC.I.II.I[I-]I.O=C(Cl)N1CCC(N2CCCCC2)CC1. The molecule has 3 N–H and O–H groups in total. The van der Waals surface area contributed by atoms with Gasteiger partial charge in [0.2, 0.25) is 0 Å². The van der Waals surface area contributed by atoms with E-state index in [9.17, 15) is 44.1 Å². The predicted molar refractivity (Wildman–Crippen MR) is 405 cm³/mol. The van der Waals surface area contributed by atoms with Crippen LogP contribution in [0, 0.1) is 0 Å². The smallest absolute Gasteiger partial charge is 0.316 e. The number of pyridine rings is 4. The van der Waals surface area contributed by atoms with Crippen LogP contribution in [0.4, 0.5) is 9.59 Å². The van der Waals surface area contributed by atoms with Crippen molar-refractivity contribution in [1.29, 1.82) is 0 Å². The molecule has 4 fully saturated rings. The second-order valence-corrected chi connectivity index (χ2v) is 41.0. The number of phenolic OH excluding ortho intramolecular Hbond substituents is 1. The van der Waals surface area contributed by atoms with Gasteiger partial charge in [-0.25, -0.2) is 24.4 Å². The third-order valence-corrected chi connectivity index (χ3v) is 20.0. The molecule has 94 heavy (non-hydrogen) atoms. The fraction of sp³-hybridized carbons (Fsp3) is 0.522. The number of aromatic hydroxyl groups is 1. The Balaban J connectivity index is 0.000000191. The minimum atomic E-state index is -1.86. The summed E-state index contributed by atoms with van der Waals surface area (Å²) in [6.45, 7) is 15.7. The maximum Gasteiger partial charge on any atom is 0.316 e. The molecule has 20 nitrogen and oxygen atoms in total. The molecule has 0 bridgehead atoms. The Morgan fingerprint density at radius 2 is 1.02 bits per heavy atom. The molecule has 8 aliphatic rings. The second kappa shape index (κ2) is 34.0. The van der Waals surface area contributed by atoms with Gasteiger partial charge in [0.05, 0.1) is 58.0 Å². The van der Waals surface area contributed by atoms with Crippen LogP contribution in [0.25, 0.3) is 44.6 Å². The van der Waals surface area contributed by atoms with Gasteiger partial charge in [0.25, 0.3) is 11.1 Å². The van der Waals surface area contributed by atoms with Crippen LogP contribution < -0.4 is 29.1 Å². The van der Waals surface area contributed by atoms with Gasteiger partial charge in [0.1, 0.15) is 24.7 Å². The van der Waals surface area contributed by atoms with Crippen LogP contribution in [-0.2, 0) is 69.4 Å². The molecule has 12 heterocycles. The molecule has 8 aliphatic heterocycles. The van der Waals surface area contributed by atoms with Crippen molar-refractivity contribution in [2.45, 2.75) is 175 Å². The number of fused-ring (bicyclic) bond motifs is 10. The topological polar surface area (TPSA) is 239 Å². The van der Waals surface area contributed by atoms with E-state index in [0.717, 1.165) is 82.8 Å². The zero-order chi connectivity index (χ0) is 65.8. The Bertz CT molecular complexity index is 3910. The fourth-order valence-electron chi connectivity index (χ4n) is 14.7. The number of piperidine rings is 4. The van der Waals surface area contributed by atoms with E-state index in [0.29, 0.717) is 115 Å². The normalized spacial score (nSPS) is 20.6. The van der Waals surface area contributed by atoms with Gasteiger partial charge in [-0.1, -0.05) is 48.0 Å². The maximum absolute atomic E-state index is 13.6. The van der Waals surface area contributed by atoms with Crippen molar-refractivity contribution in [3.63, 3.8) is 0 Å². The first-order valence-electron chi connectivity index (χ1n) is 31.7. The molecule has 2 amide bonds. The van der Waals surface area contributed by atoms with Crippen molar-refractivity contribution in [3.05, 3.63) is 114 Å². The summed E-state index contributed by atoms with van der Waals surface area (Å²) in [5.74, 6) is -0.829. The first-order chi connectivity index (χ1) is 44.4. The van der Waals surface area contributed by atoms with Gasteiger partial charge in [-0.15, -0.1) is 24.0 Å². The molecule has 6 aromatic rings. The largest absolute Gasteiger partial charge is 0.329 e. The number of esters is 2. The number of cyclic esters (lactones) is 2. The van der Waals surface area contributed by atoms with Crippen molar-refractivity contribution < 1.29 is 62.0 Å². The number of hydrogen-bond donors (Lipinski definition) is 3. The molecule has 4 aromatic heterocycles. The van der Waals surface area contributed by atoms with E-state index in [1.807, 2.05) is 24.0 Å². The number of amides is 2. The van der Waals surface area contributed by atoms with E-state index in [2.05, 4.69) is 91.2 Å². The molecule has 0 radical (unpaired) electrons. The van der Waals surface area contributed by atoms with E-state index < -0.39 is 23.1 Å². The number of carbonyl (C=O) groups excluding carboxylic acids is 4. The van der Waals surface area contributed by atoms with Crippen LogP contribution in [0.15, 0.2) is 58.1 Å².